The summed E-state index contributed by atoms with van der Waals surface area (Å²) in [6, 6.07) is 6.88. The molecule has 0 aliphatic rings. The molecule has 3 heterocycles. The van der Waals surface area contributed by atoms with Crippen molar-refractivity contribution in [3.05, 3.63) is 65.7 Å². The number of hydrogen-bond donors (Lipinski definition) is 2. The van der Waals surface area contributed by atoms with Crippen LogP contribution in [0.15, 0.2) is 48.7 Å². The zero-order valence-corrected chi connectivity index (χ0v) is 15.6. The topological polar surface area (TPSA) is 81.1 Å². The third-order valence-corrected chi connectivity index (χ3v) is 4.31. The fourth-order valence-electron chi connectivity index (χ4n) is 2.98. The average molecular weight is 456 g/mol. The minimum atomic E-state index is -4.89. The lowest BCUT2D eigenvalue weighted by Crippen LogP contribution is -2.10. The lowest BCUT2D eigenvalue weighted by atomic mass is 10.2. The standard InChI is InChI=1S/C19H11F7N6/c20-10-3-6-14-31-16(19(24,25)26)15(32(14)8-10)12-7-13(27)30-17(29-12)28-11-4-1-9(2-5-11)18(21,22)23/h1-8H,(H3,27,28,29,30). The van der Waals surface area contributed by atoms with Gasteiger partial charge in [-0.2, -0.15) is 31.3 Å². The van der Waals surface area contributed by atoms with E-state index in [1.165, 1.54) is 0 Å². The van der Waals surface area contributed by atoms with Gasteiger partial charge in [-0.15, -0.1) is 0 Å². The molecule has 0 radical (unpaired) electrons. The Kier molecular flexibility index (Phi) is 4.90. The quantitative estimate of drug-likeness (QED) is 0.410. The Morgan fingerprint density at radius 3 is 2.16 bits per heavy atom. The van der Waals surface area contributed by atoms with E-state index in [4.69, 9.17) is 5.73 Å². The van der Waals surface area contributed by atoms with Crippen LogP contribution in [-0.4, -0.2) is 19.4 Å². The third-order valence-electron chi connectivity index (χ3n) is 4.31. The number of pyridine rings is 1. The van der Waals surface area contributed by atoms with Crippen molar-refractivity contribution in [3.8, 4) is 11.4 Å². The number of anilines is 3. The van der Waals surface area contributed by atoms with Crippen molar-refractivity contribution in [2.45, 2.75) is 12.4 Å². The Labute approximate surface area is 174 Å². The van der Waals surface area contributed by atoms with Crippen LogP contribution in [0, 0.1) is 5.82 Å². The van der Waals surface area contributed by atoms with E-state index in [2.05, 4.69) is 20.3 Å². The molecule has 0 saturated heterocycles. The molecule has 0 fully saturated rings. The number of aromatic nitrogens is 4. The molecule has 0 aliphatic heterocycles. The van der Waals surface area contributed by atoms with Crippen LogP contribution in [0.25, 0.3) is 17.0 Å². The van der Waals surface area contributed by atoms with Crippen LogP contribution >= 0.6 is 0 Å². The van der Waals surface area contributed by atoms with E-state index >= 15 is 0 Å². The molecule has 6 nitrogen and oxygen atoms in total. The first-order valence-corrected chi connectivity index (χ1v) is 8.76. The number of nitrogen functional groups attached to an aromatic ring is 1. The van der Waals surface area contributed by atoms with Crippen molar-refractivity contribution < 1.29 is 30.7 Å². The van der Waals surface area contributed by atoms with Gasteiger partial charge in [-0.1, -0.05) is 0 Å². The lowest BCUT2D eigenvalue weighted by Gasteiger charge is -2.11. The molecule has 0 spiro atoms. The summed E-state index contributed by atoms with van der Waals surface area (Å²) in [7, 11) is 0. The monoisotopic (exact) mass is 456 g/mol. The zero-order valence-electron chi connectivity index (χ0n) is 15.6. The van der Waals surface area contributed by atoms with Crippen molar-refractivity contribution in [2.75, 3.05) is 11.1 Å². The van der Waals surface area contributed by atoms with Gasteiger partial charge in [0.15, 0.2) is 5.69 Å². The Bertz CT molecular complexity index is 1290. The highest BCUT2D eigenvalue weighted by molar-refractivity contribution is 5.69. The molecule has 0 amide bonds. The van der Waals surface area contributed by atoms with Crippen LogP contribution in [0.2, 0.25) is 0 Å². The fourth-order valence-corrected chi connectivity index (χ4v) is 2.98. The molecular weight excluding hydrogens is 445 g/mol. The summed E-state index contributed by atoms with van der Waals surface area (Å²) in [4.78, 5) is 11.4. The van der Waals surface area contributed by atoms with Crippen molar-refractivity contribution >= 4 is 23.1 Å². The fraction of sp³-hybridized carbons (Fsp3) is 0.105. The van der Waals surface area contributed by atoms with Crippen molar-refractivity contribution in [1.82, 2.24) is 19.4 Å². The number of nitrogens with zero attached hydrogens (tertiary/aromatic N) is 4. The second-order valence-electron chi connectivity index (χ2n) is 6.58. The first-order chi connectivity index (χ1) is 14.9. The molecule has 3 N–H and O–H groups in total. The Hall–Kier alpha value is -3.90. The Balaban J connectivity index is 1.80. The van der Waals surface area contributed by atoms with Gasteiger partial charge < -0.3 is 11.1 Å². The van der Waals surface area contributed by atoms with Gasteiger partial charge >= 0.3 is 12.4 Å². The predicted octanol–water partition coefficient (Wildman–Crippen LogP) is 5.29. The van der Waals surface area contributed by atoms with E-state index in [1.807, 2.05) is 0 Å². The van der Waals surface area contributed by atoms with Crippen LogP contribution in [0.5, 0.6) is 0 Å². The van der Waals surface area contributed by atoms with E-state index < -0.39 is 35.1 Å². The number of alkyl halides is 6. The summed E-state index contributed by atoms with van der Waals surface area (Å²) in [6.07, 6.45) is -8.61. The van der Waals surface area contributed by atoms with Gasteiger partial charge in [0.1, 0.15) is 23.0 Å². The summed E-state index contributed by atoms with van der Waals surface area (Å²) in [5, 5.41) is 2.59. The average Bonchev–Trinajstić information content (AvgIpc) is 3.06. The van der Waals surface area contributed by atoms with E-state index in [0.717, 1.165) is 53.1 Å². The van der Waals surface area contributed by atoms with E-state index in [9.17, 15) is 30.7 Å². The molecule has 4 aromatic rings. The molecule has 0 atom stereocenters. The number of nitrogens with one attached hydrogen (secondary N) is 1. The molecule has 0 unspecified atom stereocenters. The van der Waals surface area contributed by atoms with Crippen LogP contribution in [0.3, 0.4) is 0 Å². The number of rotatable bonds is 3. The molecule has 1 aromatic carbocycles. The lowest BCUT2D eigenvalue weighted by molar-refractivity contribution is -0.140. The number of benzene rings is 1. The van der Waals surface area contributed by atoms with Gasteiger partial charge in [0.2, 0.25) is 5.95 Å². The summed E-state index contributed by atoms with van der Waals surface area (Å²) in [5.74, 6) is -1.32. The smallest absolute Gasteiger partial charge is 0.384 e. The predicted molar refractivity (Wildman–Crippen MR) is 100 cm³/mol. The van der Waals surface area contributed by atoms with E-state index in [0.29, 0.717) is 0 Å². The second-order valence-corrected chi connectivity index (χ2v) is 6.58. The molecule has 0 saturated carbocycles. The Morgan fingerprint density at radius 1 is 0.844 bits per heavy atom. The van der Waals surface area contributed by atoms with Gasteiger partial charge in [0.25, 0.3) is 0 Å². The van der Waals surface area contributed by atoms with Crippen LogP contribution in [-0.2, 0) is 12.4 Å². The third kappa shape index (κ3) is 4.13. The largest absolute Gasteiger partial charge is 0.435 e. The molecule has 13 heteroatoms. The first kappa shape index (κ1) is 21.3. The van der Waals surface area contributed by atoms with E-state index in [-0.39, 0.29) is 28.8 Å². The molecule has 32 heavy (non-hydrogen) atoms. The molecule has 4 rings (SSSR count). The number of nitrogens with two attached hydrogens (primary N) is 1. The maximum absolute atomic E-state index is 13.7. The van der Waals surface area contributed by atoms with Gasteiger partial charge in [0.05, 0.1) is 11.3 Å². The highest BCUT2D eigenvalue weighted by Gasteiger charge is 2.39. The van der Waals surface area contributed by atoms with Gasteiger partial charge in [-0.25, -0.2) is 14.4 Å². The minimum Gasteiger partial charge on any atom is -0.384 e. The molecule has 3 aromatic heterocycles. The maximum Gasteiger partial charge on any atom is 0.435 e. The summed E-state index contributed by atoms with van der Waals surface area (Å²) >= 11 is 0. The number of halogens is 7. The van der Waals surface area contributed by atoms with E-state index in [1.54, 1.807) is 0 Å². The summed E-state index contributed by atoms with van der Waals surface area (Å²) in [6.45, 7) is 0. The minimum absolute atomic E-state index is 0.134. The van der Waals surface area contributed by atoms with Crippen molar-refractivity contribution in [2.24, 2.45) is 0 Å². The van der Waals surface area contributed by atoms with Crippen LogP contribution < -0.4 is 11.1 Å². The number of fused-ring (bicyclic) bond motifs is 1. The molecule has 166 valence electrons. The van der Waals surface area contributed by atoms with Crippen molar-refractivity contribution in [3.63, 3.8) is 0 Å². The second kappa shape index (κ2) is 7.35. The number of imidazole rings is 1. The molecular formula is C19H11F7N6. The van der Waals surface area contributed by atoms with Gasteiger partial charge in [-0.05, 0) is 36.4 Å². The molecule has 0 bridgehead atoms. The first-order valence-electron chi connectivity index (χ1n) is 8.76. The summed E-state index contributed by atoms with van der Waals surface area (Å²) in [5.41, 5.74) is 2.56. The molecule has 0 aliphatic carbocycles. The Morgan fingerprint density at radius 2 is 1.53 bits per heavy atom. The highest BCUT2D eigenvalue weighted by Crippen LogP contribution is 2.37. The SMILES string of the molecule is Nc1cc(-c2c(C(F)(F)F)nc3ccc(F)cn23)nc(Nc2ccc(C(F)(F)F)cc2)n1. The highest BCUT2D eigenvalue weighted by atomic mass is 19.4. The van der Waals surface area contributed by atoms with Crippen LogP contribution in [0.4, 0.5) is 48.2 Å². The normalized spacial score (nSPS) is 12.3. The number of hydrogen-bond acceptors (Lipinski definition) is 5. The van der Waals surface area contributed by atoms with Crippen molar-refractivity contribution in [1.29, 1.82) is 0 Å². The van der Waals surface area contributed by atoms with Gasteiger partial charge in [0, 0.05) is 18.0 Å². The zero-order chi connectivity index (χ0) is 23.3. The van der Waals surface area contributed by atoms with Gasteiger partial charge in [-0.3, -0.25) is 4.40 Å². The summed E-state index contributed by atoms with van der Waals surface area (Å²) < 4.78 is 93.5. The maximum atomic E-state index is 13.7. The van der Waals surface area contributed by atoms with Crippen LogP contribution in [0.1, 0.15) is 11.3 Å².